The van der Waals surface area contributed by atoms with Crippen molar-refractivity contribution in [3.8, 4) is 5.75 Å². The Morgan fingerprint density at radius 3 is 2.24 bits per heavy atom. The van der Waals surface area contributed by atoms with Gasteiger partial charge in [-0.05, 0) is 35.8 Å². The molecule has 0 amide bonds. The first-order valence-electron chi connectivity index (χ1n) is 6.72. The summed E-state index contributed by atoms with van der Waals surface area (Å²) in [6.07, 6.45) is 2.74. The van der Waals surface area contributed by atoms with Crippen molar-refractivity contribution in [1.82, 2.24) is 0 Å². The van der Waals surface area contributed by atoms with E-state index in [0.717, 1.165) is 19.0 Å². The number of fused-ring (bicyclic) bond motifs is 2. The van der Waals surface area contributed by atoms with Crippen molar-refractivity contribution in [2.45, 2.75) is 44.6 Å². The molecular weight excluding hydrogens is 212 g/mol. The summed E-state index contributed by atoms with van der Waals surface area (Å²) in [6.45, 7) is 6.14. The fraction of sp³-hybridized carbons (Fsp3) is 0.600. The van der Waals surface area contributed by atoms with Gasteiger partial charge in [0.1, 0.15) is 18.5 Å². The molecule has 1 aromatic rings. The topological polar surface area (TPSA) is 21.8 Å². The number of hydrogen-bond acceptors (Lipinski definition) is 2. The first kappa shape index (κ1) is 11.1. The second-order valence-electron chi connectivity index (χ2n) is 5.06. The highest BCUT2D eigenvalue weighted by molar-refractivity contribution is 5.53. The highest BCUT2D eigenvalue weighted by atomic mass is 16.6. The van der Waals surface area contributed by atoms with Crippen LogP contribution in [0.2, 0.25) is 0 Å². The maximum Gasteiger partial charge on any atom is 0.126 e. The van der Waals surface area contributed by atoms with E-state index in [1.54, 1.807) is 0 Å². The van der Waals surface area contributed by atoms with E-state index < -0.39 is 0 Å². The van der Waals surface area contributed by atoms with Gasteiger partial charge >= 0.3 is 0 Å². The molecule has 3 atom stereocenters. The summed E-state index contributed by atoms with van der Waals surface area (Å²) in [7, 11) is 0. The summed E-state index contributed by atoms with van der Waals surface area (Å²) in [5.41, 5.74) is 2.83. The molecular formula is C15H20O2. The maximum atomic E-state index is 5.99. The van der Waals surface area contributed by atoms with Gasteiger partial charge in [-0.25, -0.2) is 0 Å². The van der Waals surface area contributed by atoms with Crippen molar-refractivity contribution >= 4 is 0 Å². The Labute approximate surface area is 103 Å². The molecule has 0 N–H and O–H groups in total. The van der Waals surface area contributed by atoms with Crippen LogP contribution in [0.3, 0.4) is 0 Å². The van der Waals surface area contributed by atoms with Crippen LogP contribution in [0.1, 0.15) is 49.7 Å². The summed E-state index contributed by atoms with van der Waals surface area (Å²) >= 11 is 0. The number of rotatable bonds is 5. The Hall–Kier alpha value is -1.02. The number of benzene rings is 1. The zero-order valence-corrected chi connectivity index (χ0v) is 10.6. The molecule has 2 bridgehead atoms. The Morgan fingerprint density at radius 1 is 1.18 bits per heavy atom. The minimum atomic E-state index is 0.342. The summed E-state index contributed by atoms with van der Waals surface area (Å²) in [5.74, 6) is 2.46. The molecule has 1 aliphatic heterocycles. The summed E-state index contributed by atoms with van der Waals surface area (Å²) in [5, 5.41) is 0. The first-order valence-corrected chi connectivity index (χ1v) is 6.72. The molecule has 92 valence electrons. The van der Waals surface area contributed by atoms with Gasteiger partial charge in [-0.1, -0.05) is 32.0 Å². The Bertz CT molecular complexity index is 381. The number of epoxide rings is 1. The molecule has 3 rings (SSSR count). The van der Waals surface area contributed by atoms with Crippen LogP contribution in [0.25, 0.3) is 0 Å². The van der Waals surface area contributed by atoms with E-state index in [2.05, 4.69) is 32.0 Å². The van der Waals surface area contributed by atoms with Crippen LogP contribution in [0, 0.1) is 0 Å². The van der Waals surface area contributed by atoms with Crippen molar-refractivity contribution in [2.75, 3.05) is 13.2 Å². The zero-order valence-electron chi connectivity index (χ0n) is 10.6. The normalized spacial score (nSPS) is 29.4. The fourth-order valence-corrected chi connectivity index (χ4v) is 3.11. The predicted octanol–water partition coefficient (Wildman–Crippen LogP) is 3.47. The van der Waals surface area contributed by atoms with E-state index in [9.17, 15) is 0 Å². The SMILES string of the molecule is CCC1c2cccc(c2OCC2CO2)C1CC. The van der Waals surface area contributed by atoms with Crippen LogP contribution < -0.4 is 4.74 Å². The van der Waals surface area contributed by atoms with E-state index in [4.69, 9.17) is 9.47 Å². The van der Waals surface area contributed by atoms with E-state index >= 15 is 0 Å². The lowest BCUT2D eigenvalue weighted by Gasteiger charge is -2.16. The van der Waals surface area contributed by atoms with E-state index in [1.165, 1.54) is 24.0 Å². The molecule has 1 aromatic carbocycles. The molecule has 2 aliphatic rings. The zero-order chi connectivity index (χ0) is 11.8. The second kappa shape index (κ2) is 4.34. The molecule has 2 nitrogen and oxygen atoms in total. The quantitative estimate of drug-likeness (QED) is 0.725. The van der Waals surface area contributed by atoms with Crippen LogP contribution in [0.4, 0.5) is 0 Å². The lowest BCUT2D eigenvalue weighted by molar-refractivity contribution is 0.261. The van der Waals surface area contributed by atoms with Crippen LogP contribution in [0.5, 0.6) is 5.75 Å². The van der Waals surface area contributed by atoms with Crippen LogP contribution in [-0.4, -0.2) is 19.3 Å². The van der Waals surface area contributed by atoms with Crippen molar-refractivity contribution in [3.05, 3.63) is 29.3 Å². The molecule has 1 heterocycles. The van der Waals surface area contributed by atoms with Gasteiger partial charge in [-0.2, -0.15) is 0 Å². The maximum absolute atomic E-state index is 5.99. The number of para-hydroxylation sites is 1. The molecule has 0 aromatic heterocycles. The molecule has 1 saturated heterocycles. The number of hydrogen-bond donors (Lipinski definition) is 0. The molecule has 0 radical (unpaired) electrons. The minimum absolute atomic E-state index is 0.342. The van der Waals surface area contributed by atoms with E-state index in [-0.39, 0.29) is 0 Å². The average molecular weight is 232 g/mol. The van der Waals surface area contributed by atoms with Crippen LogP contribution >= 0.6 is 0 Å². The predicted molar refractivity (Wildman–Crippen MR) is 67.7 cm³/mol. The summed E-state index contributed by atoms with van der Waals surface area (Å²) < 4.78 is 11.2. The Morgan fingerprint density at radius 2 is 1.76 bits per heavy atom. The van der Waals surface area contributed by atoms with Crippen LogP contribution in [0.15, 0.2) is 18.2 Å². The molecule has 2 heteroatoms. The molecule has 1 fully saturated rings. The largest absolute Gasteiger partial charge is 0.490 e. The van der Waals surface area contributed by atoms with E-state index in [1.807, 2.05) is 0 Å². The van der Waals surface area contributed by atoms with Crippen molar-refractivity contribution in [2.24, 2.45) is 0 Å². The van der Waals surface area contributed by atoms with Crippen molar-refractivity contribution < 1.29 is 9.47 Å². The third-order valence-corrected chi connectivity index (χ3v) is 4.06. The molecule has 1 aliphatic carbocycles. The van der Waals surface area contributed by atoms with Gasteiger partial charge in [0.2, 0.25) is 0 Å². The summed E-state index contributed by atoms with van der Waals surface area (Å²) in [4.78, 5) is 0. The smallest absolute Gasteiger partial charge is 0.126 e. The van der Waals surface area contributed by atoms with Gasteiger partial charge in [-0.3, -0.25) is 0 Å². The monoisotopic (exact) mass is 232 g/mol. The highest BCUT2D eigenvalue weighted by Gasteiger charge is 2.35. The first-order chi connectivity index (χ1) is 8.35. The summed E-state index contributed by atoms with van der Waals surface area (Å²) in [6, 6.07) is 6.64. The lowest BCUT2D eigenvalue weighted by atomic mass is 9.87. The van der Waals surface area contributed by atoms with Gasteiger partial charge in [0.25, 0.3) is 0 Å². The van der Waals surface area contributed by atoms with E-state index in [0.29, 0.717) is 17.9 Å². The molecule has 0 spiro atoms. The van der Waals surface area contributed by atoms with Gasteiger partial charge in [0, 0.05) is 0 Å². The third kappa shape index (κ3) is 1.85. The molecule has 3 unspecified atom stereocenters. The highest BCUT2D eigenvalue weighted by Crippen LogP contribution is 2.52. The molecule has 17 heavy (non-hydrogen) atoms. The standard InChI is InChI=1S/C15H20O2/c1-3-11-12(4-2)14-7-5-6-13(11)15(14)17-9-10-8-16-10/h5-7,10-12H,3-4,8-9H2,1-2H3. The second-order valence-corrected chi connectivity index (χ2v) is 5.06. The van der Waals surface area contributed by atoms with Crippen molar-refractivity contribution in [3.63, 3.8) is 0 Å². The van der Waals surface area contributed by atoms with Gasteiger partial charge in [0.05, 0.1) is 6.61 Å². The van der Waals surface area contributed by atoms with Gasteiger partial charge < -0.3 is 9.47 Å². The molecule has 0 saturated carbocycles. The number of ether oxygens (including phenoxy) is 2. The third-order valence-electron chi connectivity index (χ3n) is 4.06. The Kier molecular flexibility index (Phi) is 2.83. The van der Waals surface area contributed by atoms with Gasteiger partial charge in [0.15, 0.2) is 0 Å². The van der Waals surface area contributed by atoms with Crippen molar-refractivity contribution in [1.29, 1.82) is 0 Å². The van der Waals surface area contributed by atoms with Gasteiger partial charge in [-0.15, -0.1) is 0 Å². The average Bonchev–Trinajstić information content (AvgIpc) is 3.15. The lowest BCUT2D eigenvalue weighted by Crippen LogP contribution is -2.05. The minimum Gasteiger partial charge on any atom is -0.490 e. The Balaban J connectivity index is 1.88. The fourth-order valence-electron chi connectivity index (χ4n) is 3.11. The van der Waals surface area contributed by atoms with Crippen LogP contribution in [-0.2, 0) is 4.74 Å².